The summed E-state index contributed by atoms with van der Waals surface area (Å²) in [5, 5.41) is 12.0. The minimum absolute atomic E-state index is 0.0951. The van der Waals surface area contributed by atoms with Crippen molar-refractivity contribution in [3.05, 3.63) is 56.9 Å². The summed E-state index contributed by atoms with van der Waals surface area (Å²) in [6.07, 6.45) is 6.26. The first-order valence-corrected chi connectivity index (χ1v) is 20.4. The standard InChI is InChI=1S/C33H38N4O6.C9H18N6/c1-3-22-23-16-21(43-32(40)36-14-10-20(11-15-36)35-12-6-5-7-13-35)8-9-27(23)34-29-24(22)18-37-28(29)17-26-25(30(37)38)19-42-31(39)33(26,41)4-2;1-13(2)7-10-8(14(3)4)12-9(11-7)15(5)6/h8-9,16-17,20,41H,3-7,10-15,18-19H2,1-2H3;1-6H3/t33-;/m0./s1. The van der Waals surface area contributed by atoms with Crippen molar-refractivity contribution >= 4 is 40.8 Å². The largest absolute Gasteiger partial charge is 0.458 e. The number of aromatic nitrogens is 5. The molecule has 1 aromatic carbocycles. The number of hydrogen-bond acceptors (Lipinski definition) is 14. The van der Waals surface area contributed by atoms with Crippen LogP contribution in [0.25, 0.3) is 22.3 Å². The van der Waals surface area contributed by atoms with Crippen molar-refractivity contribution in [2.75, 3.05) is 83.2 Å². The van der Waals surface area contributed by atoms with Crippen molar-refractivity contribution in [3.63, 3.8) is 0 Å². The molecular weight excluding hydrogens is 741 g/mol. The molecule has 4 aliphatic rings. The van der Waals surface area contributed by atoms with Gasteiger partial charge in [-0.3, -0.25) is 4.79 Å². The first-order chi connectivity index (χ1) is 27.7. The van der Waals surface area contributed by atoms with E-state index in [4.69, 9.17) is 14.5 Å². The van der Waals surface area contributed by atoms with Gasteiger partial charge in [0.25, 0.3) is 5.56 Å². The van der Waals surface area contributed by atoms with Crippen molar-refractivity contribution in [3.8, 4) is 17.1 Å². The van der Waals surface area contributed by atoms with E-state index in [0.29, 0.717) is 78.2 Å². The molecule has 16 heteroatoms. The molecule has 310 valence electrons. The molecule has 4 aliphatic heterocycles. The summed E-state index contributed by atoms with van der Waals surface area (Å²) in [6, 6.07) is 7.77. The predicted octanol–water partition coefficient (Wildman–Crippen LogP) is 4.16. The number of likely N-dealkylation sites (tertiary alicyclic amines) is 2. The first-order valence-electron chi connectivity index (χ1n) is 20.4. The number of benzene rings is 1. The molecular formula is C42H56N10O6. The lowest BCUT2D eigenvalue weighted by Crippen LogP contribution is -2.48. The molecule has 0 aliphatic carbocycles. The van der Waals surface area contributed by atoms with Crippen molar-refractivity contribution in [2.24, 2.45) is 0 Å². The number of pyridine rings is 2. The van der Waals surface area contributed by atoms with Crippen LogP contribution in [0.2, 0.25) is 0 Å². The third-order valence-corrected chi connectivity index (χ3v) is 11.8. The van der Waals surface area contributed by atoms with Crippen LogP contribution in [0, 0.1) is 0 Å². The summed E-state index contributed by atoms with van der Waals surface area (Å²) in [6.45, 7) is 7.65. The summed E-state index contributed by atoms with van der Waals surface area (Å²) in [5.74, 6) is 1.73. The monoisotopic (exact) mass is 796 g/mol. The van der Waals surface area contributed by atoms with Crippen LogP contribution in [-0.2, 0) is 34.7 Å². The Bertz CT molecular complexity index is 2200. The minimum atomic E-state index is -1.86. The normalized spacial score (nSPS) is 19.1. The van der Waals surface area contributed by atoms with Crippen LogP contribution in [0.4, 0.5) is 22.6 Å². The fourth-order valence-electron chi connectivity index (χ4n) is 8.41. The van der Waals surface area contributed by atoms with Crippen molar-refractivity contribution in [2.45, 2.75) is 83.6 Å². The quantitative estimate of drug-likeness (QED) is 0.234. The van der Waals surface area contributed by atoms with Crippen LogP contribution in [0.15, 0.2) is 29.1 Å². The summed E-state index contributed by atoms with van der Waals surface area (Å²) in [4.78, 5) is 67.1. The molecule has 1 amide bonds. The molecule has 7 heterocycles. The van der Waals surface area contributed by atoms with E-state index in [1.165, 1.54) is 32.4 Å². The molecule has 0 spiro atoms. The van der Waals surface area contributed by atoms with Gasteiger partial charge in [0.05, 0.1) is 29.0 Å². The third kappa shape index (κ3) is 7.66. The highest BCUT2D eigenvalue weighted by molar-refractivity contribution is 5.90. The van der Waals surface area contributed by atoms with E-state index in [9.17, 15) is 19.5 Å². The molecule has 0 bridgehead atoms. The van der Waals surface area contributed by atoms with E-state index in [1.807, 2.05) is 74.0 Å². The predicted molar refractivity (Wildman–Crippen MR) is 223 cm³/mol. The number of amides is 1. The number of cyclic esters (lactones) is 1. The topological polar surface area (TPSA) is 163 Å². The van der Waals surface area contributed by atoms with E-state index in [1.54, 1.807) is 23.6 Å². The molecule has 0 radical (unpaired) electrons. The highest BCUT2D eigenvalue weighted by Gasteiger charge is 2.45. The van der Waals surface area contributed by atoms with Crippen LogP contribution in [0.3, 0.4) is 0 Å². The van der Waals surface area contributed by atoms with Gasteiger partial charge in [0.1, 0.15) is 12.4 Å². The Labute approximate surface area is 339 Å². The van der Waals surface area contributed by atoms with Crippen LogP contribution < -0.4 is 25.0 Å². The highest BCUT2D eigenvalue weighted by atomic mass is 16.6. The van der Waals surface area contributed by atoms with Crippen LogP contribution in [0.1, 0.15) is 74.6 Å². The molecule has 58 heavy (non-hydrogen) atoms. The van der Waals surface area contributed by atoms with Crippen LogP contribution in [0.5, 0.6) is 5.75 Å². The number of carbonyl (C=O) groups excluding carboxylic acids is 2. The zero-order valence-corrected chi connectivity index (χ0v) is 35.0. The Balaban J connectivity index is 0.000000289. The van der Waals surface area contributed by atoms with Gasteiger partial charge in [-0.25, -0.2) is 14.6 Å². The number of carbonyl (C=O) groups is 2. The van der Waals surface area contributed by atoms with Crippen molar-refractivity contribution in [1.82, 2.24) is 34.3 Å². The van der Waals surface area contributed by atoms with E-state index < -0.39 is 11.6 Å². The average molecular weight is 797 g/mol. The Morgan fingerprint density at radius 1 is 0.862 bits per heavy atom. The van der Waals surface area contributed by atoms with Gasteiger partial charge in [0.15, 0.2) is 5.60 Å². The van der Waals surface area contributed by atoms with E-state index >= 15 is 0 Å². The maximum atomic E-state index is 13.6. The van der Waals surface area contributed by atoms with Crippen molar-refractivity contribution in [1.29, 1.82) is 0 Å². The fraction of sp³-hybridized carbons (Fsp3) is 0.548. The number of piperidine rings is 2. The molecule has 8 rings (SSSR count). The Morgan fingerprint density at radius 2 is 1.48 bits per heavy atom. The Morgan fingerprint density at radius 3 is 2.05 bits per heavy atom. The van der Waals surface area contributed by atoms with Gasteiger partial charge in [-0.1, -0.05) is 20.3 Å². The molecule has 1 N–H and O–H groups in total. The number of esters is 1. The minimum Gasteiger partial charge on any atom is -0.458 e. The lowest BCUT2D eigenvalue weighted by atomic mass is 9.86. The third-order valence-electron chi connectivity index (χ3n) is 11.8. The summed E-state index contributed by atoms with van der Waals surface area (Å²) in [7, 11) is 11.5. The molecule has 1 atom stereocenters. The second-order valence-electron chi connectivity index (χ2n) is 16.2. The number of anilines is 3. The highest BCUT2D eigenvalue weighted by Crippen LogP contribution is 2.41. The number of aliphatic hydroxyl groups is 1. The molecule has 0 unspecified atom stereocenters. The van der Waals surface area contributed by atoms with E-state index in [-0.39, 0.29) is 24.7 Å². The lowest BCUT2D eigenvalue weighted by Gasteiger charge is -2.39. The maximum Gasteiger partial charge on any atom is 0.415 e. The second-order valence-corrected chi connectivity index (χ2v) is 16.2. The lowest BCUT2D eigenvalue weighted by molar-refractivity contribution is -0.172. The Hall–Kier alpha value is -5.35. The van der Waals surface area contributed by atoms with Crippen LogP contribution in [-0.4, -0.2) is 126 Å². The Kier molecular flexibility index (Phi) is 11.6. The number of ether oxygens (including phenoxy) is 2. The number of fused-ring (bicyclic) bond motifs is 5. The van der Waals surface area contributed by atoms with Gasteiger partial charge in [0, 0.05) is 77.9 Å². The maximum absolute atomic E-state index is 13.6. The molecule has 16 nitrogen and oxygen atoms in total. The average Bonchev–Trinajstić information content (AvgIpc) is 3.60. The van der Waals surface area contributed by atoms with Gasteiger partial charge in [-0.05, 0) is 81.4 Å². The summed E-state index contributed by atoms with van der Waals surface area (Å²) in [5.41, 5.74) is 2.38. The number of aryl methyl sites for hydroxylation is 1. The van der Waals surface area contributed by atoms with E-state index in [0.717, 1.165) is 34.9 Å². The van der Waals surface area contributed by atoms with Gasteiger partial charge in [0.2, 0.25) is 17.8 Å². The molecule has 2 saturated heterocycles. The summed E-state index contributed by atoms with van der Waals surface area (Å²) < 4.78 is 12.7. The molecule has 3 aromatic heterocycles. The number of nitrogens with zero attached hydrogens (tertiary/aromatic N) is 10. The first kappa shape index (κ1) is 40.8. The fourth-order valence-corrected chi connectivity index (χ4v) is 8.41. The number of rotatable bonds is 7. The van der Waals surface area contributed by atoms with Gasteiger partial charge in [-0.2, -0.15) is 15.0 Å². The SMILES string of the molecule is CCc1c2c(nc3ccc(OC(=O)N4CCC(N5CCCCC5)CC4)cc13)-c1cc3c(c(=O)n1C2)COC(=O)[C@]3(O)CC.CN(C)c1nc(N(C)C)nc(N(C)C)n1. The molecule has 2 fully saturated rings. The van der Waals surface area contributed by atoms with E-state index in [2.05, 4.69) is 26.8 Å². The molecule has 0 saturated carbocycles. The zero-order chi connectivity index (χ0) is 41.5. The summed E-state index contributed by atoms with van der Waals surface area (Å²) >= 11 is 0. The number of hydrogen-bond donors (Lipinski definition) is 1. The van der Waals surface area contributed by atoms with Crippen LogP contribution >= 0.6 is 0 Å². The zero-order valence-electron chi connectivity index (χ0n) is 35.0. The van der Waals surface area contributed by atoms with Crippen molar-refractivity contribution < 1.29 is 24.2 Å². The van der Waals surface area contributed by atoms with Gasteiger partial charge < -0.3 is 43.6 Å². The molecule has 4 aromatic rings. The van der Waals surface area contributed by atoms with Gasteiger partial charge in [-0.15, -0.1) is 0 Å². The smallest absolute Gasteiger partial charge is 0.415 e. The second kappa shape index (κ2) is 16.5. The van der Waals surface area contributed by atoms with Gasteiger partial charge >= 0.3 is 12.1 Å².